The average molecular weight is 530 g/mol. The summed E-state index contributed by atoms with van der Waals surface area (Å²) in [5.74, 6) is -6.15. The SMILES string of the molecule is CC(=O)Oc1cc(C(=O)NC2C(=O)N(C)C(=O)N(c3ccc(F)cc3)C2N)cc(OC(C)=O)c1OC(C)=O. The molecule has 14 heteroatoms. The second-order valence-corrected chi connectivity index (χ2v) is 8.05. The number of nitrogens with one attached hydrogen (secondary N) is 1. The Morgan fingerprint density at radius 2 is 1.39 bits per heavy atom. The Labute approximate surface area is 215 Å². The number of hydrogen-bond acceptors (Lipinski definition) is 10. The molecule has 13 nitrogen and oxygen atoms in total. The van der Waals surface area contributed by atoms with Gasteiger partial charge in [0.2, 0.25) is 5.75 Å². The van der Waals surface area contributed by atoms with Crippen LogP contribution in [-0.4, -0.2) is 59.9 Å². The second-order valence-electron chi connectivity index (χ2n) is 8.05. The van der Waals surface area contributed by atoms with E-state index in [1.165, 1.54) is 19.2 Å². The smallest absolute Gasteiger partial charge is 0.332 e. The molecule has 3 rings (SSSR count). The molecule has 2 atom stereocenters. The summed E-state index contributed by atoms with van der Waals surface area (Å²) in [5, 5.41) is 2.41. The van der Waals surface area contributed by atoms with Crippen LogP contribution in [0.2, 0.25) is 0 Å². The molecule has 1 heterocycles. The van der Waals surface area contributed by atoms with E-state index in [0.717, 1.165) is 54.8 Å². The molecule has 3 N–H and O–H groups in total. The van der Waals surface area contributed by atoms with E-state index in [-0.39, 0.29) is 11.3 Å². The molecule has 0 bridgehead atoms. The summed E-state index contributed by atoms with van der Waals surface area (Å²) >= 11 is 0. The van der Waals surface area contributed by atoms with E-state index in [1.807, 2.05) is 0 Å². The Balaban J connectivity index is 2.01. The molecule has 2 aromatic carbocycles. The molecule has 2 aromatic rings. The number of hydrogen-bond donors (Lipinski definition) is 2. The van der Waals surface area contributed by atoms with Gasteiger partial charge in [-0.3, -0.25) is 33.8 Å². The van der Waals surface area contributed by atoms with Gasteiger partial charge in [-0.15, -0.1) is 0 Å². The molecule has 1 fully saturated rings. The molecular formula is C24H23FN4O9. The third kappa shape index (κ3) is 5.92. The Kier molecular flexibility index (Phi) is 8.06. The predicted octanol–water partition coefficient (Wildman–Crippen LogP) is 1.08. The van der Waals surface area contributed by atoms with E-state index in [1.54, 1.807) is 0 Å². The first-order valence-corrected chi connectivity index (χ1v) is 11.0. The summed E-state index contributed by atoms with van der Waals surface area (Å²) in [4.78, 5) is 75.4. The molecule has 0 spiro atoms. The maximum atomic E-state index is 13.4. The first-order valence-electron chi connectivity index (χ1n) is 11.0. The fraction of sp³-hybridized carbons (Fsp3) is 0.250. The van der Waals surface area contributed by atoms with Gasteiger partial charge in [-0.05, 0) is 36.4 Å². The topological polar surface area (TPSA) is 175 Å². The van der Waals surface area contributed by atoms with Crippen molar-refractivity contribution in [3.63, 3.8) is 0 Å². The highest BCUT2D eigenvalue weighted by Crippen LogP contribution is 2.39. The van der Waals surface area contributed by atoms with Gasteiger partial charge in [-0.1, -0.05) is 0 Å². The molecule has 1 aliphatic rings. The maximum absolute atomic E-state index is 13.4. The van der Waals surface area contributed by atoms with Crippen molar-refractivity contribution in [3.05, 3.63) is 47.8 Å². The Hall–Kier alpha value is -4.85. The quantitative estimate of drug-likeness (QED) is 0.406. The van der Waals surface area contributed by atoms with Gasteiger partial charge >= 0.3 is 23.9 Å². The Bertz CT molecular complexity index is 1290. The highest BCUT2D eigenvalue weighted by molar-refractivity contribution is 6.10. The van der Waals surface area contributed by atoms with E-state index < -0.39 is 71.0 Å². The van der Waals surface area contributed by atoms with Crippen molar-refractivity contribution in [1.82, 2.24) is 10.2 Å². The monoisotopic (exact) mass is 530 g/mol. The van der Waals surface area contributed by atoms with Crippen LogP contribution in [-0.2, 0) is 19.2 Å². The number of halogens is 1. The van der Waals surface area contributed by atoms with E-state index >= 15 is 0 Å². The van der Waals surface area contributed by atoms with Crippen molar-refractivity contribution in [3.8, 4) is 17.2 Å². The van der Waals surface area contributed by atoms with Gasteiger partial charge in [-0.2, -0.15) is 0 Å². The van der Waals surface area contributed by atoms with Gasteiger partial charge in [0.1, 0.15) is 18.0 Å². The Morgan fingerprint density at radius 3 is 1.87 bits per heavy atom. The van der Waals surface area contributed by atoms with Crippen LogP contribution in [0.15, 0.2) is 36.4 Å². The number of nitrogens with zero attached hydrogens (tertiary/aromatic N) is 2. The predicted molar refractivity (Wildman–Crippen MR) is 127 cm³/mol. The molecule has 1 saturated heterocycles. The van der Waals surface area contributed by atoms with Crippen LogP contribution in [0.4, 0.5) is 14.9 Å². The van der Waals surface area contributed by atoms with Crippen molar-refractivity contribution in [2.75, 3.05) is 11.9 Å². The molecule has 2 unspecified atom stereocenters. The molecule has 4 amide bonds. The lowest BCUT2D eigenvalue weighted by atomic mass is 10.1. The number of amides is 4. The van der Waals surface area contributed by atoms with Crippen LogP contribution in [0.5, 0.6) is 17.2 Å². The van der Waals surface area contributed by atoms with Crippen molar-refractivity contribution >= 4 is 41.4 Å². The summed E-state index contributed by atoms with van der Waals surface area (Å²) in [6.45, 7) is 3.15. The highest BCUT2D eigenvalue weighted by atomic mass is 19.1. The van der Waals surface area contributed by atoms with Crippen molar-refractivity contribution in [2.24, 2.45) is 5.73 Å². The molecule has 0 aliphatic carbocycles. The number of rotatable bonds is 6. The van der Waals surface area contributed by atoms with Gasteiger partial charge in [0.25, 0.3) is 11.8 Å². The number of carbonyl (C=O) groups excluding carboxylic acids is 6. The van der Waals surface area contributed by atoms with Crippen LogP contribution < -0.4 is 30.2 Å². The number of esters is 3. The van der Waals surface area contributed by atoms with Crippen LogP contribution >= 0.6 is 0 Å². The summed E-state index contributed by atoms with van der Waals surface area (Å²) in [6.07, 6.45) is -1.40. The summed E-state index contributed by atoms with van der Waals surface area (Å²) in [5.41, 5.74) is 6.08. The lowest BCUT2D eigenvalue weighted by Gasteiger charge is -2.41. The number of nitrogens with two attached hydrogens (primary N) is 1. The largest absolute Gasteiger partial charge is 0.423 e. The lowest BCUT2D eigenvalue weighted by molar-refractivity contribution is -0.135. The summed E-state index contributed by atoms with van der Waals surface area (Å²) < 4.78 is 28.5. The number of anilines is 1. The molecule has 1 aliphatic heterocycles. The van der Waals surface area contributed by atoms with Crippen molar-refractivity contribution in [2.45, 2.75) is 33.0 Å². The minimum atomic E-state index is -1.47. The van der Waals surface area contributed by atoms with Gasteiger partial charge in [0.05, 0.1) is 0 Å². The van der Waals surface area contributed by atoms with Crippen LogP contribution in [0.1, 0.15) is 31.1 Å². The van der Waals surface area contributed by atoms with Crippen LogP contribution in [0, 0.1) is 5.82 Å². The molecule has 200 valence electrons. The molecule has 0 saturated carbocycles. The standard InChI is InChI=1S/C24H23FN4O9/c1-11(30)36-17-9-14(10-18(37-12(2)31)20(17)38-13(3)32)22(33)27-19-21(26)29(24(35)28(4)23(19)34)16-7-5-15(25)6-8-16/h5-10,19,21H,26H2,1-4H3,(H,27,33). The fourth-order valence-corrected chi connectivity index (χ4v) is 3.56. The normalized spacial score (nSPS) is 17.1. The third-order valence-electron chi connectivity index (χ3n) is 5.16. The number of imide groups is 1. The zero-order valence-electron chi connectivity index (χ0n) is 20.6. The lowest BCUT2D eigenvalue weighted by Crippen LogP contribution is -2.71. The highest BCUT2D eigenvalue weighted by Gasteiger charge is 2.45. The molecule has 38 heavy (non-hydrogen) atoms. The zero-order valence-corrected chi connectivity index (χ0v) is 20.6. The fourth-order valence-electron chi connectivity index (χ4n) is 3.56. The van der Waals surface area contributed by atoms with Gasteiger partial charge in [0, 0.05) is 39.1 Å². The number of benzene rings is 2. The maximum Gasteiger partial charge on any atom is 0.332 e. The first kappa shape index (κ1) is 27.7. The third-order valence-corrected chi connectivity index (χ3v) is 5.16. The van der Waals surface area contributed by atoms with Gasteiger partial charge < -0.3 is 25.3 Å². The number of ether oxygens (including phenoxy) is 3. The van der Waals surface area contributed by atoms with Gasteiger partial charge in [0.15, 0.2) is 11.5 Å². The number of likely N-dealkylation sites (N-methyl/N-ethyl adjacent to an activating group) is 1. The molecular weight excluding hydrogens is 507 g/mol. The zero-order chi connectivity index (χ0) is 28.3. The number of urea groups is 1. The van der Waals surface area contributed by atoms with E-state index in [4.69, 9.17) is 19.9 Å². The minimum Gasteiger partial charge on any atom is -0.423 e. The molecule has 0 radical (unpaired) electrons. The van der Waals surface area contributed by atoms with E-state index in [2.05, 4.69) is 5.32 Å². The van der Waals surface area contributed by atoms with Crippen molar-refractivity contribution in [1.29, 1.82) is 0 Å². The van der Waals surface area contributed by atoms with E-state index in [0.29, 0.717) is 0 Å². The van der Waals surface area contributed by atoms with Crippen molar-refractivity contribution < 1.29 is 47.4 Å². The van der Waals surface area contributed by atoms with E-state index in [9.17, 15) is 33.2 Å². The minimum absolute atomic E-state index is 0.169. The second kappa shape index (κ2) is 11.0. The number of carbonyl (C=O) groups is 6. The summed E-state index contributed by atoms with van der Waals surface area (Å²) in [6, 6.07) is 4.51. The Morgan fingerprint density at radius 1 is 0.895 bits per heavy atom. The van der Waals surface area contributed by atoms with Gasteiger partial charge in [-0.25, -0.2) is 9.18 Å². The molecule has 0 aromatic heterocycles. The van der Waals surface area contributed by atoms with Crippen LogP contribution in [0.25, 0.3) is 0 Å². The average Bonchev–Trinajstić information content (AvgIpc) is 2.82. The van der Waals surface area contributed by atoms with Crippen LogP contribution in [0.3, 0.4) is 0 Å². The summed E-state index contributed by atoms with van der Waals surface area (Å²) in [7, 11) is 1.18. The first-order chi connectivity index (χ1) is 17.8.